The van der Waals surface area contributed by atoms with Gasteiger partial charge in [0.15, 0.2) is 0 Å². The van der Waals surface area contributed by atoms with E-state index in [9.17, 15) is 110 Å². The van der Waals surface area contributed by atoms with Crippen LogP contribution < -0.4 is 0 Å². The van der Waals surface area contributed by atoms with Gasteiger partial charge >= 0.3 is 47.8 Å². The van der Waals surface area contributed by atoms with Crippen molar-refractivity contribution in [1.82, 2.24) is 0 Å². The number of hydrogen-bond acceptors (Lipinski definition) is 30. The van der Waals surface area contributed by atoms with Crippen LogP contribution in [0, 0.1) is 58.2 Å². The highest BCUT2D eigenvalue weighted by Crippen LogP contribution is 2.71. The van der Waals surface area contributed by atoms with Crippen LogP contribution in [0.3, 0.4) is 0 Å². The van der Waals surface area contributed by atoms with Gasteiger partial charge in [0.25, 0.3) is 0 Å². The smallest absolute Gasteiger partial charge is 0.333 e. The first-order valence-corrected chi connectivity index (χ1v) is 51.5. The number of ether oxygens (including phenoxy) is 8. The van der Waals surface area contributed by atoms with E-state index in [1.165, 1.54) is 37.8 Å². The second-order valence-corrected chi connectivity index (χ2v) is 53.5. The van der Waals surface area contributed by atoms with Crippen molar-refractivity contribution in [2.75, 3.05) is 0 Å². The molecule has 32 aliphatic carbocycles. The highest BCUT2D eigenvalue weighted by molar-refractivity contribution is 5.89. The Labute approximate surface area is 821 Å². The lowest BCUT2D eigenvalue weighted by Gasteiger charge is -2.65. The van der Waals surface area contributed by atoms with E-state index >= 15 is 0 Å². The molecular formula is C110H156O30. The van der Waals surface area contributed by atoms with E-state index in [-0.39, 0.29) is 135 Å². The third-order valence-electron chi connectivity index (χ3n) is 36.8. The van der Waals surface area contributed by atoms with E-state index in [0.29, 0.717) is 116 Å². The maximum Gasteiger partial charge on any atom is 0.333 e. The molecular weight excluding hydrogens is 1800 g/mol. The van der Waals surface area contributed by atoms with Crippen LogP contribution in [0.2, 0.25) is 0 Å². The zero-order chi connectivity index (χ0) is 102. The van der Waals surface area contributed by atoms with Crippen LogP contribution >= 0.6 is 0 Å². The van der Waals surface area contributed by atoms with Gasteiger partial charge < -0.3 is 109 Å². The van der Waals surface area contributed by atoms with Gasteiger partial charge in [-0.05, 0) is 253 Å². The Morgan fingerprint density at radius 2 is 0.364 bits per heavy atom. The van der Waals surface area contributed by atoms with Crippen molar-refractivity contribution in [1.29, 1.82) is 0 Å². The number of carbonyl (C=O) groups excluding carboxylic acids is 8. The molecule has 0 heterocycles. The predicted octanol–water partition coefficient (Wildman–Crippen LogP) is 11.4. The lowest BCUT2D eigenvalue weighted by atomic mass is 9.47. The summed E-state index contributed by atoms with van der Waals surface area (Å²) in [5.41, 5.74) is -15.7. The minimum absolute atomic E-state index is 0.142. The summed E-state index contributed by atoms with van der Waals surface area (Å²) in [5.74, 6) is 0.449. The fourth-order valence-corrected chi connectivity index (χ4v) is 38.1. The van der Waals surface area contributed by atoms with Crippen LogP contribution in [0.5, 0.6) is 0 Å². The zero-order valence-corrected chi connectivity index (χ0v) is 83.3. The van der Waals surface area contributed by atoms with Gasteiger partial charge in [0.2, 0.25) is 0 Å². The van der Waals surface area contributed by atoms with Crippen molar-refractivity contribution in [3.8, 4) is 0 Å². The minimum atomic E-state index is -1.15. The standard InChI is InChI=1S/C15H22O3.C14H20O5.C14H20O4.2C14H20O3.C13H18O5.C13H18O4.C13H18O3/c1-10(2)12(16)18-15-6-11-4-13(3,8-15)7-14(17,5-11)9-15;1-9(2)10(15)19-14-6-11(16)3-12(17,7-14)5-13(18,4-11)8-14;1-9(2)11(15)18-14-5-10-3-12(16,7-14)6-13(17,4-10)8-14;1-9(2)12(15)17-14-6-10-3-11(7-14)5-13(16,4-10)8-14;1-3-11(15)17-14-6-10-4-12(2,8-14)7-13(16,5-10)9-14;1-2-9(14)18-13-6-10(15)3-11(16,7-13)5-12(17,4-10)8-13;1-2-10(14)17-13-5-9-3-11(15,7-13)6-12(16,4-9)8-13;1-2-11(14)16-13-6-9-3-10(7-13)5-12(15,4-9)8-13/h11,17H,1,4-9H2,2-3H3;16-18H,1,3-8H2,2H3;10,16-17H,1,3-8H2,2H3;10-11,16H,1,3-8H2,2H3;3,10,16H,1,4-9H2,2H3;2,15-17H,1,3-8H2;2,9,15-16H,1,3-8H2;2,9-10,15H,1,3-8H2. The van der Waals surface area contributed by atoms with Crippen molar-refractivity contribution in [3.63, 3.8) is 0 Å². The van der Waals surface area contributed by atoms with Gasteiger partial charge in [-0.15, -0.1) is 0 Å². The Kier molecular flexibility index (Phi) is 25.6. The third kappa shape index (κ3) is 21.5. The average Bonchev–Trinajstić information content (AvgIpc) is 0.686. The molecule has 14 N–H and O–H groups in total. The summed E-state index contributed by atoms with van der Waals surface area (Å²) < 4.78 is 44.5. The maximum atomic E-state index is 11.8. The Morgan fingerprint density at radius 3 is 0.600 bits per heavy atom. The van der Waals surface area contributed by atoms with Crippen molar-refractivity contribution >= 4 is 47.8 Å². The fraction of sp³-hybridized carbons (Fsp3) is 0.782. The number of aliphatic hydroxyl groups is 14. The topological polar surface area (TPSA) is 494 Å². The van der Waals surface area contributed by atoms with Crippen molar-refractivity contribution in [2.24, 2.45) is 58.2 Å². The molecule has 776 valence electrons. The first-order valence-electron chi connectivity index (χ1n) is 51.5. The molecule has 0 radical (unpaired) electrons. The molecule has 32 aliphatic rings. The summed E-state index contributed by atoms with van der Waals surface area (Å²) in [6.07, 6.45) is 36.6. The van der Waals surface area contributed by atoms with Crippen LogP contribution in [0.4, 0.5) is 0 Å². The molecule has 0 aromatic carbocycles. The number of esters is 8. The monoisotopic (exact) mass is 1960 g/mol. The molecule has 32 bridgehead atoms. The van der Waals surface area contributed by atoms with E-state index < -0.39 is 141 Å². The van der Waals surface area contributed by atoms with Crippen LogP contribution in [0.25, 0.3) is 0 Å². The maximum absolute atomic E-state index is 11.8. The molecule has 0 aromatic rings. The summed E-state index contributed by atoms with van der Waals surface area (Å²) in [6, 6.07) is 0. The first-order chi connectivity index (χ1) is 64.4. The normalized spacial score (nSPS) is 50.2. The van der Waals surface area contributed by atoms with Crippen LogP contribution in [-0.2, 0) is 76.3 Å². The molecule has 30 nitrogen and oxygen atoms in total. The van der Waals surface area contributed by atoms with Gasteiger partial charge in [-0.1, -0.05) is 66.5 Å². The average molecular weight is 1960 g/mol. The Balaban J connectivity index is 0.000000110. The van der Waals surface area contributed by atoms with Crippen LogP contribution in [0.15, 0.2) is 99.2 Å². The second-order valence-electron chi connectivity index (χ2n) is 53.5. The molecule has 16 unspecified atom stereocenters. The van der Waals surface area contributed by atoms with E-state index in [0.717, 1.165) is 153 Å². The van der Waals surface area contributed by atoms with E-state index in [1.54, 1.807) is 27.7 Å². The molecule has 0 saturated heterocycles. The van der Waals surface area contributed by atoms with E-state index in [1.807, 2.05) is 0 Å². The molecule has 0 amide bonds. The molecule has 32 fully saturated rings. The lowest BCUT2D eigenvalue weighted by molar-refractivity contribution is -0.301. The summed E-state index contributed by atoms with van der Waals surface area (Å²) in [6.45, 7) is 39.0. The van der Waals surface area contributed by atoms with Crippen molar-refractivity contribution < 1.29 is 148 Å². The Morgan fingerprint density at radius 1 is 0.200 bits per heavy atom. The van der Waals surface area contributed by atoms with Gasteiger partial charge in [0, 0.05) is 188 Å². The molecule has 140 heavy (non-hydrogen) atoms. The third-order valence-corrected chi connectivity index (χ3v) is 36.8. The largest absolute Gasteiger partial charge is 0.456 e. The van der Waals surface area contributed by atoms with Crippen molar-refractivity contribution in [3.05, 3.63) is 99.2 Å². The summed E-state index contributed by atoms with van der Waals surface area (Å²) >= 11 is 0. The Bertz CT molecular complexity index is 4740. The SMILES string of the molecule is C=C(C)C(=O)OC12CC3(O)CC(O)(CC(O)(C3)C1)C2.C=C(C)C(=O)OC12CC3CC(C)(CC(O)(C3)C1)C2.C=C(C)C(=O)OC12CC3CC(CC(O)(C3)C1)C2.C=C(C)C(=O)OC12CC3CC(O)(CC(O)(C3)C1)C2.C=CC(=O)OC12CC3(O)CC(O)(CC(O)(C3)C1)C2.C=CC(=O)OC12CC3CC(C)(CC(O)(C3)C1)C2.C=CC(=O)OC12CC3CC(CC(O)(C3)C1)C2.C=CC(=O)OC12CC3CC(O)(CC(O)(C3)C1)C2. The Hall–Kier alpha value is -6.88. The van der Waals surface area contributed by atoms with E-state index in [4.69, 9.17) is 37.9 Å². The number of hydrogen-bond donors (Lipinski definition) is 14. The fourth-order valence-electron chi connectivity index (χ4n) is 38.1. The zero-order valence-electron chi connectivity index (χ0n) is 83.3. The van der Waals surface area contributed by atoms with Gasteiger partial charge in [-0.2, -0.15) is 0 Å². The first kappa shape index (κ1) is 104. The van der Waals surface area contributed by atoms with Crippen molar-refractivity contribution in [2.45, 2.75) is 473 Å². The number of carbonyl (C=O) groups is 8. The summed E-state index contributed by atoms with van der Waals surface area (Å²) in [4.78, 5) is 92.8. The van der Waals surface area contributed by atoms with Crippen LogP contribution in [0.1, 0.15) is 350 Å². The van der Waals surface area contributed by atoms with E-state index in [2.05, 4.69) is 66.5 Å². The molecule has 16 atom stereocenters. The van der Waals surface area contributed by atoms with Gasteiger partial charge in [-0.25, -0.2) is 38.4 Å². The number of rotatable bonds is 16. The highest BCUT2D eigenvalue weighted by Gasteiger charge is 2.74. The van der Waals surface area contributed by atoms with Crippen LogP contribution in [-0.4, -0.2) is 242 Å². The minimum Gasteiger partial charge on any atom is -0.456 e. The molecule has 0 aliphatic heterocycles. The molecule has 30 heteroatoms. The quantitative estimate of drug-likeness (QED) is 0.0388. The summed E-state index contributed by atoms with van der Waals surface area (Å²) in [7, 11) is 0. The highest BCUT2D eigenvalue weighted by atomic mass is 16.6. The lowest BCUT2D eigenvalue weighted by Crippen LogP contribution is -2.72. The van der Waals surface area contributed by atoms with Gasteiger partial charge in [0.1, 0.15) is 44.8 Å². The molecule has 32 rings (SSSR count). The van der Waals surface area contributed by atoms with Gasteiger partial charge in [-0.3, -0.25) is 0 Å². The summed E-state index contributed by atoms with van der Waals surface area (Å²) in [5, 5.41) is 147. The second kappa shape index (κ2) is 34.4. The molecule has 0 spiro atoms. The molecule has 0 aromatic heterocycles. The molecule has 32 saturated carbocycles. The predicted molar refractivity (Wildman–Crippen MR) is 506 cm³/mol. The van der Waals surface area contributed by atoms with Gasteiger partial charge in [0.05, 0.1) is 78.4 Å².